The SMILES string of the molecule is C[C@@H](NC[C@@H]1CCCn2ccnc21)C(=O)Nc1ccc(Cl)cn1. The van der Waals surface area contributed by atoms with E-state index in [-0.39, 0.29) is 11.9 Å². The quantitative estimate of drug-likeness (QED) is 0.881. The number of hydrogen-bond acceptors (Lipinski definition) is 4. The predicted octanol–water partition coefficient (Wildman–Crippen LogP) is 2.43. The number of amides is 1. The minimum absolute atomic E-state index is 0.112. The van der Waals surface area contributed by atoms with Crippen LogP contribution in [0.1, 0.15) is 31.5 Å². The van der Waals surface area contributed by atoms with Gasteiger partial charge in [-0.05, 0) is 31.9 Å². The fourth-order valence-electron chi connectivity index (χ4n) is 2.80. The van der Waals surface area contributed by atoms with Gasteiger partial charge in [-0.1, -0.05) is 11.6 Å². The van der Waals surface area contributed by atoms with Crippen LogP contribution in [0.3, 0.4) is 0 Å². The van der Waals surface area contributed by atoms with Crippen LogP contribution in [-0.4, -0.2) is 33.0 Å². The zero-order valence-corrected chi connectivity index (χ0v) is 13.8. The number of nitrogens with one attached hydrogen (secondary N) is 2. The van der Waals surface area contributed by atoms with Crippen LogP contribution < -0.4 is 10.6 Å². The average Bonchev–Trinajstić information content (AvgIpc) is 3.03. The highest BCUT2D eigenvalue weighted by molar-refractivity contribution is 6.30. The van der Waals surface area contributed by atoms with Gasteiger partial charge in [-0.25, -0.2) is 9.97 Å². The summed E-state index contributed by atoms with van der Waals surface area (Å²) in [6, 6.07) is 3.08. The van der Waals surface area contributed by atoms with Crippen molar-refractivity contribution in [3.8, 4) is 0 Å². The van der Waals surface area contributed by atoms with E-state index in [1.165, 1.54) is 6.20 Å². The monoisotopic (exact) mass is 333 g/mol. The van der Waals surface area contributed by atoms with Crippen LogP contribution in [0.4, 0.5) is 5.82 Å². The molecule has 1 amide bonds. The van der Waals surface area contributed by atoms with Gasteiger partial charge in [-0.15, -0.1) is 0 Å². The summed E-state index contributed by atoms with van der Waals surface area (Å²) in [4.78, 5) is 20.7. The topological polar surface area (TPSA) is 71.8 Å². The van der Waals surface area contributed by atoms with Crippen LogP contribution >= 0.6 is 11.6 Å². The second-order valence-corrected chi connectivity index (χ2v) is 6.24. The summed E-state index contributed by atoms with van der Waals surface area (Å²) in [6.07, 6.45) is 7.61. The number of hydrogen-bond donors (Lipinski definition) is 2. The van der Waals surface area contributed by atoms with E-state index in [9.17, 15) is 4.79 Å². The molecule has 0 saturated carbocycles. The van der Waals surface area contributed by atoms with Gasteiger partial charge in [0, 0.05) is 37.6 Å². The van der Waals surface area contributed by atoms with Crippen LogP contribution in [0.5, 0.6) is 0 Å². The molecule has 0 radical (unpaired) electrons. The fourth-order valence-corrected chi connectivity index (χ4v) is 2.91. The molecule has 2 aromatic rings. The second kappa shape index (κ2) is 7.10. The smallest absolute Gasteiger partial charge is 0.242 e. The fraction of sp³-hybridized carbons (Fsp3) is 0.438. The van der Waals surface area contributed by atoms with Gasteiger partial charge in [-0.3, -0.25) is 4.79 Å². The van der Waals surface area contributed by atoms with E-state index in [2.05, 4.69) is 25.2 Å². The van der Waals surface area contributed by atoms with Gasteiger partial charge in [0.1, 0.15) is 11.6 Å². The third kappa shape index (κ3) is 3.89. The van der Waals surface area contributed by atoms with Crippen molar-refractivity contribution in [1.29, 1.82) is 0 Å². The second-order valence-electron chi connectivity index (χ2n) is 5.80. The molecule has 0 bridgehead atoms. The lowest BCUT2D eigenvalue weighted by Gasteiger charge is -2.25. The van der Waals surface area contributed by atoms with Crippen molar-refractivity contribution in [3.63, 3.8) is 0 Å². The number of anilines is 1. The number of aromatic nitrogens is 3. The summed E-state index contributed by atoms with van der Waals surface area (Å²) in [6.45, 7) is 3.62. The van der Waals surface area contributed by atoms with Crippen molar-refractivity contribution in [2.24, 2.45) is 0 Å². The van der Waals surface area contributed by atoms with E-state index in [1.807, 2.05) is 19.3 Å². The van der Waals surface area contributed by atoms with E-state index in [0.717, 1.165) is 31.8 Å². The highest BCUT2D eigenvalue weighted by Crippen LogP contribution is 2.24. The molecule has 0 spiro atoms. The van der Waals surface area contributed by atoms with Crippen LogP contribution in [0.15, 0.2) is 30.7 Å². The van der Waals surface area contributed by atoms with Crippen molar-refractivity contribution in [2.45, 2.75) is 38.3 Å². The summed E-state index contributed by atoms with van der Waals surface area (Å²) in [7, 11) is 0. The summed E-state index contributed by atoms with van der Waals surface area (Å²) < 4.78 is 2.19. The first-order valence-corrected chi connectivity index (χ1v) is 8.18. The van der Waals surface area contributed by atoms with E-state index in [1.54, 1.807) is 12.1 Å². The zero-order chi connectivity index (χ0) is 16.2. The number of halogens is 1. The molecule has 1 aliphatic rings. The number of imidazole rings is 1. The van der Waals surface area contributed by atoms with Gasteiger partial charge >= 0.3 is 0 Å². The Kier molecular flexibility index (Phi) is 4.93. The Balaban J connectivity index is 1.52. The molecular weight excluding hydrogens is 314 g/mol. The number of pyridine rings is 1. The van der Waals surface area contributed by atoms with Gasteiger partial charge in [-0.2, -0.15) is 0 Å². The Hall–Kier alpha value is -1.92. The molecule has 0 aromatic carbocycles. The first kappa shape index (κ1) is 16.0. The van der Waals surface area contributed by atoms with Gasteiger partial charge < -0.3 is 15.2 Å². The lowest BCUT2D eigenvalue weighted by atomic mass is 9.98. The van der Waals surface area contributed by atoms with Crippen molar-refractivity contribution >= 4 is 23.3 Å². The zero-order valence-electron chi connectivity index (χ0n) is 13.0. The van der Waals surface area contributed by atoms with Crippen molar-refractivity contribution in [2.75, 3.05) is 11.9 Å². The van der Waals surface area contributed by atoms with Crippen molar-refractivity contribution < 1.29 is 4.79 Å². The number of rotatable bonds is 5. The Morgan fingerprint density at radius 2 is 2.35 bits per heavy atom. The highest BCUT2D eigenvalue weighted by atomic mass is 35.5. The van der Waals surface area contributed by atoms with E-state index < -0.39 is 0 Å². The van der Waals surface area contributed by atoms with E-state index in [0.29, 0.717) is 16.8 Å². The maximum atomic E-state index is 12.2. The summed E-state index contributed by atoms with van der Waals surface area (Å²) in [5, 5.41) is 6.62. The molecule has 1 aliphatic heterocycles. The highest BCUT2D eigenvalue weighted by Gasteiger charge is 2.23. The number of fused-ring (bicyclic) bond motifs is 1. The van der Waals surface area contributed by atoms with E-state index in [4.69, 9.17) is 11.6 Å². The minimum atomic E-state index is -0.308. The molecule has 122 valence electrons. The molecule has 0 fully saturated rings. The lowest BCUT2D eigenvalue weighted by molar-refractivity contribution is -0.117. The van der Waals surface area contributed by atoms with Crippen LogP contribution in [0, 0.1) is 0 Å². The van der Waals surface area contributed by atoms with Gasteiger partial charge in [0.25, 0.3) is 0 Å². The number of carbonyl (C=O) groups is 1. The normalized spacial score (nSPS) is 18.3. The molecule has 0 aliphatic carbocycles. The molecule has 0 unspecified atom stereocenters. The Morgan fingerprint density at radius 1 is 1.48 bits per heavy atom. The largest absolute Gasteiger partial charge is 0.335 e. The minimum Gasteiger partial charge on any atom is -0.335 e. The number of carbonyl (C=O) groups excluding carboxylic acids is 1. The molecule has 2 atom stereocenters. The molecule has 6 nitrogen and oxygen atoms in total. The molecular formula is C16H20ClN5O. The predicted molar refractivity (Wildman–Crippen MR) is 89.5 cm³/mol. The Bertz CT molecular complexity index is 669. The summed E-state index contributed by atoms with van der Waals surface area (Å²) in [5.74, 6) is 1.85. The summed E-state index contributed by atoms with van der Waals surface area (Å²) in [5.41, 5.74) is 0. The first-order valence-electron chi connectivity index (χ1n) is 7.80. The van der Waals surface area contributed by atoms with Crippen LogP contribution in [-0.2, 0) is 11.3 Å². The van der Waals surface area contributed by atoms with E-state index >= 15 is 0 Å². The molecule has 0 saturated heterocycles. The maximum Gasteiger partial charge on any atom is 0.242 e. The van der Waals surface area contributed by atoms with Crippen LogP contribution in [0.2, 0.25) is 5.02 Å². The lowest BCUT2D eigenvalue weighted by Crippen LogP contribution is -2.41. The molecule has 23 heavy (non-hydrogen) atoms. The standard InChI is InChI=1S/C16H20ClN5O/c1-11(16(23)21-14-5-4-13(17)10-20-14)19-9-12-3-2-7-22-8-6-18-15(12)22/h4-6,8,10-12,19H,2-3,7,9H2,1H3,(H,20,21,23)/t11-,12+/m1/s1. The van der Waals surface area contributed by atoms with Gasteiger partial charge in [0.05, 0.1) is 11.1 Å². The molecule has 2 N–H and O–H groups in total. The van der Waals surface area contributed by atoms with Crippen LogP contribution in [0.25, 0.3) is 0 Å². The molecule has 3 rings (SSSR count). The Morgan fingerprint density at radius 3 is 3.13 bits per heavy atom. The third-order valence-corrected chi connectivity index (χ3v) is 4.33. The number of nitrogens with zero attached hydrogens (tertiary/aromatic N) is 3. The Labute approximate surface area is 140 Å². The van der Waals surface area contributed by atoms with Crippen molar-refractivity contribution in [3.05, 3.63) is 41.6 Å². The summed E-state index contributed by atoms with van der Waals surface area (Å²) >= 11 is 5.78. The number of aryl methyl sites for hydroxylation is 1. The van der Waals surface area contributed by atoms with Gasteiger partial charge in [0.15, 0.2) is 0 Å². The molecule has 7 heteroatoms. The maximum absolute atomic E-state index is 12.2. The molecule has 3 heterocycles. The average molecular weight is 334 g/mol. The van der Waals surface area contributed by atoms with Gasteiger partial charge in [0.2, 0.25) is 5.91 Å². The third-order valence-electron chi connectivity index (χ3n) is 4.11. The molecule has 2 aromatic heterocycles. The van der Waals surface area contributed by atoms with Crippen molar-refractivity contribution in [1.82, 2.24) is 19.9 Å². The first-order chi connectivity index (χ1) is 11.1.